The maximum atomic E-state index is 4.91. The normalized spacial score (nSPS) is 12.8. The molecule has 2 aromatic carbocycles. The highest BCUT2D eigenvalue weighted by atomic mass is 127. The Balaban J connectivity index is 1.80. The highest BCUT2D eigenvalue weighted by molar-refractivity contribution is 14.1. The Kier molecular flexibility index (Phi) is 3.96. The molecule has 0 spiro atoms. The van der Waals surface area contributed by atoms with Crippen LogP contribution in [-0.2, 0) is 6.42 Å². The van der Waals surface area contributed by atoms with Crippen LogP contribution in [0.2, 0.25) is 0 Å². The smallest absolute Gasteiger partial charge is 0.133 e. The van der Waals surface area contributed by atoms with Crippen LogP contribution in [0.1, 0.15) is 5.56 Å². The number of nitrogens with one attached hydrogen (secondary N) is 1. The molecule has 24 heavy (non-hydrogen) atoms. The van der Waals surface area contributed by atoms with Crippen molar-refractivity contribution >= 4 is 34.1 Å². The summed E-state index contributed by atoms with van der Waals surface area (Å²) in [6.07, 6.45) is 1.02. The molecular weight excluding hydrogens is 411 g/mol. The van der Waals surface area contributed by atoms with Crippen LogP contribution >= 0.6 is 22.6 Å². The van der Waals surface area contributed by atoms with Crippen LogP contribution in [0.4, 0.5) is 11.5 Å². The molecule has 1 N–H and O–H groups in total. The number of halogens is 1. The largest absolute Gasteiger partial charge is 0.378 e. The number of rotatable bonds is 3. The third-order valence-electron chi connectivity index (χ3n) is 4.38. The van der Waals surface area contributed by atoms with Gasteiger partial charge in [-0.15, -0.1) is 0 Å². The van der Waals surface area contributed by atoms with E-state index in [-0.39, 0.29) is 0 Å². The monoisotopic (exact) mass is 430 g/mol. The molecule has 0 atom stereocenters. The number of nitrogens with zero attached hydrogens (tertiary/aromatic N) is 3. The second-order valence-corrected chi connectivity index (χ2v) is 7.43. The summed E-state index contributed by atoms with van der Waals surface area (Å²) in [5.41, 5.74) is 5.86. The fourth-order valence-electron chi connectivity index (χ4n) is 3.09. The molecule has 4 nitrogen and oxygen atoms in total. The molecule has 0 amide bonds. The van der Waals surface area contributed by atoms with Crippen molar-refractivity contribution in [1.29, 1.82) is 0 Å². The van der Waals surface area contributed by atoms with Gasteiger partial charge in [-0.25, -0.2) is 4.68 Å². The lowest BCUT2D eigenvalue weighted by atomic mass is 10.1. The van der Waals surface area contributed by atoms with Crippen molar-refractivity contribution in [2.45, 2.75) is 6.42 Å². The fourth-order valence-corrected chi connectivity index (χ4v) is 3.45. The molecular formula is C19H19IN4. The molecule has 1 aliphatic rings. The summed E-state index contributed by atoms with van der Waals surface area (Å²) in [6.45, 7) is 0.973. The molecule has 0 radical (unpaired) electrons. The highest BCUT2D eigenvalue weighted by Crippen LogP contribution is 2.35. The van der Waals surface area contributed by atoms with Crippen molar-refractivity contribution in [3.8, 4) is 16.9 Å². The summed E-state index contributed by atoms with van der Waals surface area (Å²) in [5, 5.41) is 8.41. The van der Waals surface area contributed by atoms with Gasteiger partial charge in [-0.2, -0.15) is 5.10 Å². The van der Waals surface area contributed by atoms with Gasteiger partial charge in [-0.3, -0.25) is 0 Å². The molecule has 0 unspecified atom stereocenters. The van der Waals surface area contributed by atoms with Crippen molar-refractivity contribution in [2.75, 3.05) is 30.9 Å². The molecule has 4 rings (SSSR count). The molecule has 5 heteroatoms. The Hall–Kier alpha value is -2.02. The zero-order valence-corrected chi connectivity index (χ0v) is 15.9. The van der Waals surface area contributed by atoms with Crippen molar-refractivity contribution < 1.29 is 0 Å². The van der Waals surface area contributed by atoms with E-state index in [4.69, 9.17) is 5.10 Å². The van der Waals surface area contributed by atoms with Crippen LogP contribution < -0.4 is 10.2 Å². The molecule has 1 aromatic heterocycles. The van der Waals surface area contributed by atoms with Crippen molar-refractivity contribution in [2.24, 2.45) is 0 Å². The van der Waals surface area contributed by atoms with Crippen LogP contribution in [0.5, 0.6) is 0 Å². The van der Waals surface area contributed by atoms with E-state index in [0.29, 0.717) is 0 Å². The minimum Gasteiger partial charge on any atom is -0.378 e. The average Bonchev–Trinajstić information content (AvgIpc) is 3.18. The Morgan fingerprint density at radius 1 is 1.04 bits per heavy atom. The molecule has 0 saturated carbocycles. The predicted molar refractivity (Wildman–Crippen MR) is 108 cm³/mol. The average molecular weight is 430 g/mol. The second kappa shape index (κ2) is 6.12. The van der Waals surface area contributed by atoms with E-state index in [1.165, 1.54) is 20.4 Å². The molecule has 122 valence electrons. The van der Waals surface area contributed by atoms with E-state index < -0.39 is 0 Å². The van der Waals surface area contributed by atoms with Gasteiger partial charge in [0.2, 0.25) is 0 Å². The Labute approximate surface area is 155 Å². The second-order valence-electron chi connectivity index (χ2n) is 6.18. The zero-order valence-electron chi connectivity index (χ0n) is 13.8. The Morgan fingerprint density at radius 3 is 2.42 bits per heavy atom. The number of anilines is 2. The minimum absolute atomic E-state index is 0.973. The molecule has 0 bridgehead atoms. The van der Waals surface area contributed by atoms with Crippen LogP contribution in [0.15, 0.2) is 48.5 Å². The minimum atomic E-state index is 0.973. The van der Waals surface area contributed by atoms with E-state index >= 15 is 0 Å². The van der Waals surface area contributed by atoms with Crippen molar-refractivity contribution in [3.63, 3.8) is 0 Å². The summed E-state index contributed by atoms with van der Waals surface area (Å²) in [4.78, 5) is 2.11. The first-order chi connectivity index (χ1) is 11.6. The van der Waals surface area contributed by atoms with Crippen LogP contribution in [0.25, 0.3) is 16.9 Å². The zero-order chi connectivity index (χ0) is 16.7. The maximum absolute atomic E-state index is 4.91. The van der Waals surface area contributed by atoms with E-state index in [2.05, 4.69) is 95.4 Å². The van der Waals surface area contributed by atoms with Gasteiger partial charge in [0, 0.05) is 41.0 Å². The summed E-state index contributed by atoms with van der Waals surface area (Å²) in [6, 6.07) is 17.1. The van der Waals surface area contributed by atoms with Crippen molar-refractivity contribution in [3.05, 3.63) is 57.7 Å². The van der Waals surface area contributed by atoms with E-state index in [1.807, 2.05) is 4.68 Å². The van der Waals surface area contributed by atoms with Gasteiger partial charge in [0.15, 0.2) is 0 Å². The predicted octanol–water partition coefficient (Wildman–Crippen LogP) is 4.18. The summed E-state index contributed by atoms with van der Waals surface area (Å²) >= 11 is 2.33. The molecule has 0 saturated heterocycles. The topological polar surface area (TPSA) is 33.1 Å². The van der Waals surface area contributed by atoms with Crippen LogP contribution in [0, 0.1) is 3.57 Å². The number of fused-ring (bicyclic) bond motifs is 1. The molecule has 0 fully saturated rings. The first-order valence-electron chi connectivity index (χ1n) is 8.03. The first kappa shape index (κ1) is 15.5. The third-order valence-corrected chi connectivity index (χ3v) is 5.10. The van der Waals surface area contributed by atoms with E-state index in [9.17, 15) is 0 Å². The fraction of sp³-hybridized carbons (Fsp3) is 0.211. The SMILES string of the molecule is CN(C)c1ccc(-c2nn(-c3ccc(I)cc3)c3c2CCN3)cc1. The Bertz CT molecular complexity index is 864. The number of aromatic nitrogens is 2. The Morgan fingerprint density at radius 2 is 1.75 bits per heavy atom. The van der Waals surface area contributed by atoms with E-state index in [0.717, 1.165) is 30.2 Å². The van der Waals surface area contributed by atoms with Gasteiger partial charge in [0.25, 0.3) is 0 Å². The summed E-state index contributed by atoms with van der Waals surface area (Å²) in [5.74, 6) is 1.13. The van der Waals surface area contributed by atoms with Gasteiger partial charge in [0.05, 0.1) is 11.4 Å². The molecule has 1 aliphatic heterocycles. The summed E-state index contributed by atoms with van der Waals surface area (Å²) < 4.78 is 3.26. The van der Waals surface area contributed by atoms with Crippen LogP contribution in [-0.4, -0.2) is 30.4 Å². The molecule has 0 aliphatic carbocycles. The molecule has 3 aromatic rings. The lowest BCUT2D eigenvalue weighted by Crippen LogP contribution is -2.08. The van der Waals surface area contributed by atoms with Gasteiger partial charge in [-0.05, 0) is 65.4 Å². The standard InChI is InChI=1S/C19H19IN4/c1-23(2)15-7-3-13(4-8-15)18-17-11-12-21-19(17)24(22-18)16-9-5-14(20)6-10-16/h3-10,21H,11-12H2,1-2H3. The van der Waals surface area contributed by atoms with Gasteiger partial charge in [-0.1, -0.05) is 12.1 Å². The highest BCUT2D eigenvalue weighted by Gasteiger charge is 2.23. The van der Waals surface area contributed by atoms with Gasteiger partial charge < -0.3 is 10.2 Å². The van der Waals surface area contributed by atoms with E-state index in [1.54, 1.807) is 0 Å². The molecule has 2 heterocycles. The van der Waals surface area contributed by atoms with Crippen LogP contribution in [0.3, 0.4) is 0 Å². The summed E-state index contributed by atoms with van der Waals surface area (Å²) in [7, 11) is 4.12. The van der Waals surface area contributed by atoms with Gasteiger partial charge in [0.1, 0.15) is 5.82 Å². The maximum Gasteiger partial charge on any atom is 0.133 e. The first-order valence-corrected chi connectivity index (χ1v) is 9.11. The number of hydrogen-bond donors (Lipinski definition) is 1. The van der Waals surface area contributed by atoms with Gasteiger partial charge >= 0.3 is 0 Å². The number of hydrogen-bond acceptors (Lipinski definition) is 3. The van der Waals surface area contributed by atoms with Crippen molar-refractivity contribution in [1.82, 2.24) is 9.78 Å². The lowest BCUT2D eigenvalue weighted by Gasteiger charge is -2.12. The third kappa shape index (κ3) is 2.66. The number of benzene rings is 2. The lowest BCUT2D eigenvalue weighted by molar-refractivity contribution is 0.882. The quantitative estimate of drug-likeness (QED) is 0.634.